The lowest BCUT2D eigenvalue weighted by Gasteiger charge is -2.10. The van der Waals surface area contributed by atoms with Gasteiger partial charge in [0.05, 0.1) is 5.56 Å². The maximum atomic E-state index is 12.2. The van der Waals surface area contributed by atoms with Gasteiger partial charge in [-0.3, -0.25) is 4.79 Å². The molecule has 4 nitrogen and oxygen atoms in total. The first-order valence-corrected chi connectivity index (χ1v) is 7.23. The van der Waals surface area contributed by atoms with E-state index in [1.807, 2.05) is 38.1 Å². The molecule has 2 aromatic rings. The monoisotopic (exact) mass is 286 g/mol. The molecular formula is C17H22N2O2. The van der Waals surface area contributed by atoms with Gasteiger partial charge in [-0.25, -0.2) is 0 Å². The van der Waals surface area contributed by atoms with Crippen molar-refractivity contribution in [1.82, 2.24) is 9.88 Å². The fourth-order valence-electron chi connectivity index (χ4n) is 2.42. The van der Waals surface area contributed by atoms with E-state index in [-0.39, 0.29) is 12.5 Å². The Morgan fingerprint density at radius 1 is 1.24 bits per heavy atom. The normalized spacial score (nSPS) is 10.6. The van der Waals surface area contributed by atoms with Crippen LogP contribution in [0, 0.1) is 13.8 Å². The Morgan fingerprint density at radius 2 is 1.95 bits per heavy atom. The molecular weight excluding hydrogens is 264 g/mol. The highest BCUT2D eigenvalue weighted by molar-refractivity contribution is 5.95. The van der Waals surface area contributed by atoms with E-state index in [0.717, 1.165) is 17.9 Å². The van der Waals surface area contributed by atoms with Gasteiger partial charge < -0.3 is 15.0 Å². The first-order chi connectivity index (χ1) is 10.1. The molecule has 0 bridgehead atoms. The van der Waals surface area contributed by atoms with Crippen LogP contribution in [0.2, 0.25) is 0 Å². The molecule has 1 heterocycles. The molecule has 4 heteroatoms. The zero-order valence-corrected chi connectivity index (χ0v) is 12.6. The molecule has 0 spiro atoms. The highest BCUT2D eigenvalue weighted by Gasteiger charge is 2.15. The van der Waals surface area contributed by atoms with E-state index in [1.165, 1.54) is 5.56 Å². The summed E-state index contributed by atoms with van der Waals surface area (Å²) in [5, 5.41) is 11.6. The minimum Gasteiger partial charge on any atom is -0.396 e. The van der Waals surface area contributed by atoms with Crippen LogP contribution in [-0.2, 0) is 6.54 Å². The van der Waals surface area contributed by atoms with E-state index in [2.05, 4.69) is 22.0 Å². The molecule has 0 saturated carbocycles. The van der Waals surface area contributed by atoms with Crippen molar-refractivity contribution in [1.29, 1.82) is 0 Å². The number of rotatable bonds is 6. The zero-order valence-electron chi connectivity index (χ0n) is 12.6. The summed E-state index contributed by atoms with van der Waals surface area (Å²) in [6.45, 7) is 5.34. The molecule has 0 unspecified atom stereocenters. The van der Waals surface area contributed by atoms with Gasteiger partial charge in [-0.1, -0.05) is 30.3 Å². The lowest BCUT2D eigenvalue weighted by atomic mass is 10.2. The number of aliphatic hydroxyl groups excluding tert-OH is 1. The molecule has 0 fully saturated rings. The first kappa shape index (κ1) is 15.3. The van der Waals surface area contributed by atoms with Crippen LogP contribution in [0.4, 0.5) is 0 Å². The van der Waals surface area contributed by atoms with E-state index >= 15 is 0 Å². The lowest BCUT2D eigenvalue weighted by molar-refractivity contribution is 0.0950. The van der Waals surface area contributed by atoms with Crippen molar-refractivity contribution in [2.45, 2.75) is 26.8 Å². The second-order valence-electron chi connectivity index (χ2n) is 5.19. The van der Waals surface area contributed by atoms with Crippen molar-refractivity contribution in [3.8, 4) is 0 Å². The number of benzene rings is 1. The highest BCUT2D eigenvalue weighted by atomic mass is 16.3. The molecule has 21 heavy (non-hydrogen) atoms. The van der Waals surface area contributed by atoms with Gasteiger partial charge in [0.25, 0.3) is 5.91 Å². The lowest BCUT2D eigenvalue weighted by Crippen LogP contribution is -2.25. The van der Waals surface area contributed by atoms with Crippen molar-refractivity contribution in [3.63, 3.8) is 0 Å². The Bertz CT molecular complexity index is 603. The van der Waals surface area contributed by atoms with Crippen LogP contribution >= 0.6 is 0 Å². The quantitative estimate of drug-likeness (QED) is 0.800. The molecule has 0 atom stereocenters. The second kappa shape index (κ2) is 7.09. The number of nitrogens with one attached hydrogen (secondary N) is 1. The van der Waals surface area contributed by atoms with Gasteiger partial charge in [0.1, 0.15) is 0 Å². The van der Waals surface area contributed by atoms with Crippen molar-refractivity contribution in [2.24, 2.45) is 0 Å². The third-order valence-corrected chi connectivity index (χ3v) is 3.62. The van der Waals surface area contributed by atoms with Crippen LogP contribution in [0.1, 0.15) is 33.7 Å². The summed E-state index contributed by atoms with van der Waals surface area (Å²) in [4.78, 5) is 12.2. The third kappa shape index (κ3) is 3.73. The number of aromatic nitrogens is 1. The molecule has 0 aliphatic carbocycles. The summed E-state index contributed by atoms with van der Waals surface area (Å²) in [5.41, 5.74) is 3.97. The smallest absolute Gasteiger partial charge is 0.253 e. The van der Waals surface area contributed by atoms with Crippen LogP contribution in [0.25, 0.3) is 0 Å². The molecule has 1 aromatic carbocycles. The second-order valence-corrected chi connectivity index (χ2v) is 5.19. The summed E-state index contributed by atoms with van der Waals surface area (Å²) in [6.07, 6.45) is 0.578. The fourth-order valence-corrected chi connectivity index (χ4v) is 2.42. The summed E-state index contributed by atoms with van der Waals surface area (Å²) < 4.78 is 2.15. The number of aliphatic hydroxyl groups is 1. The Morgan fingerprint density at radius 3 is 2.62 bits per heavy atom. The van der Waals surface area contributed by atoms with Crippen LogP contribution in [-0.4, -0.2) is 28.7 Å². The maximum absolute atomic E-state index is 12.2. The number of hydrogen-bond acceptors (Lipinski definition) is 2. The van der Waals surface area contributed by atoms with Crippen molar-refractivity contribution < 1.29 is 9.90 Å². The van der Waals surface area contributed by atoms with Crippen molar-refractivity contribution in [2.75, 3.05) is 13.2 Å². The van der Waals surface area contributed by atoms with E-state index in [9.17, 15) is 4.79 Å². The SMILES string of the molecule is Cc1cc(C(=O)NCCCO)c(C)n1Cc1ccccc1. The average Bonchev–Trinajstić information content (AvgIpc) is 2.77. The summed E-state index contributed by atoms with van der Waals surface area (Å²) in [5.74, 6) is -0.0733. The number of carbonyl (C=O) groups excluding carboxylic acids is 1. The van der Waals surface area contributed by atoms with E-state index in [1.54, 1.807) is 0 Å². The Labute approximate surface area is 125 Å². The van der Waals surface area contributed by atoms with Gasteiger partial charge >= 0.3 is 0 Å². The third-order valence-electron chi connectivity index (χ3n) is 3.62. The maximum Gasteiger partial charge on any atom is 0.253 e. The Hall–Kier alpha value is -2.07. The standard InChI is InChI=1S/C17H22N2O2/c1-13-11-16(17(21)18-9-6-10-20)14(2)19(13)12-15-7-4-3-5-8-15/h3-5,7-8,11,20H,6,9-10,12H2,1-2H3,(H,18,21). The minimum absolute atomic E-state index is 0.0733. The molecule has 0 radical (unpaired) electrons. The molecule has 2 N–H and O–H groups in total. The average molecular weight is 286 g/mol. The van der Waals surface area contributed by atoms with Crippen LogP contribution in [0.3, 0.4) is 0 Å². The molecule has 2 rings (SSSR count). The van der Waals surface area contributed by atoms with Gasteiger partial charge in [0.15, 0.2) is 0 Å². The van der Waals surface area contributed by atoms with E-state index < -0.39 is 0 Å². The zero-order chi connectivity index (χ0) is 15.2. The van der Waals surface area contributed by atoms with E-state index in [4.69, 9.17) is 5.11 Å². The summed E-state index contributed by atoms with van der Waals surface area (Å²) in [6, 6.07) is 12.1. The van der Waals surface area contributed by atoms with Gasteiger partial charge in [0, 0.05) is 31.1 Å². The molecule has 112 valence electrons. The number of carbonyl (C=O) groups is 1. The molecule has 0 saturated heterocycles. The van der Waals surface area contributed by atoms with Gasteiger partial charge in [-0.15, -0.1) is 0 Å². The van der Waals surface area contributed by atoms with Gasteiger partial charge in [0.2, 0.25) is 0 Å². The highest BCUT2D eigenvalue weighted by Crippen LogP contribution is 2.17. The van der Waals surface area contributed by atoms with Crippen molar-refractivity contribution >= 4 is 5.91 Å². The number of hydrogen-bond donors (Lipinski definition) is 2. The number of nitrogens with zero attached hydrogens (tertiary/aromatic N) is 1. The van der Waals surface area contributed by atoms with Crippen molar-refractivity contribution in [3.05, 3.63) is 58.9 Å². The van der Waals surface area contributed by atoms with Crippen LogP contribution < -0.4 is 5.32 Å². The predicted octanol–water partition coefficient (Wildman–Crippen LogP) is 2.27. The Kier molecular flexibility index (Phi) is 5.17. The number of aryl methyl sites for hydroxylation is 1. The fraction of sp³-hybridized carbons (Fsp3) is 0.353. The molecule has 0 aliphatic rings. The summed E-state index contributed by atoms with van der Waals surface area (Å²) >= 11 is 0. The molecule has 1 aromatic heterocycles. The molecule has 1 amide bonds. The first-order valence-electron chi connectivity index (χ1n) is 7.23. The largest absolute Gasteiger partial charge is 0.396 e. The van der Waals surface area contributed by atoms with E-state index in [0.29, 0.717) is 18.5 Å². The minimum atomic E-state index is -0.0733. The van der Waals surface area contributed by atoms with Gasteiger partial charge in [-0.2, -0.15) is 0 Å². The van der Waals surface area contributed by atoms with Gasteiger partial charge in [-0.05, 0) is 31.9 Å². The van der Waals surface area contributed by atoms with Crippen LogP contribution in [0.15, 0.2) is 36.4 Å². The van der Waals surface area contributed by atoms with Crippen LogP contribution in [0.5, 0.6) is 0 Å². The predicted molar refractivity (Wildman–Crippen MR) is 83.5 cm³/mol. The summed E-state index contributed by atoms with van der Waals surface area (Å²) in [7, 11) is 0. The molecule has 0 aliphatic heterocycles. The Balaban J connectivity index is 2.15. The number of amides is 1. The topological polar surface area (TPSA) is 54.3 Å².